The summed E-state index contributed by atoms with van der Waals surface area (Å²) in [4.78, 5) is 18.3. The van der Waals surface area contributed by atoms with Gasteiger partial charge >= 0.3 is 6.03 Å². The van der Waals surface area contributed by atoms with Crippen LogP contribution in [0.25, 0.3) is 5.65 Å². The lowest BCUT2D eigenvalue weighted by Gasteiger charge is -2.45. The van der Waals surface area contributed by atoms with Crippen LogP contribution in [0.1, 0.15) is 0 Å². The molecule has 0 saturated carbocycles. The molecule has 2 fully saturated rings. The van der Waals surface area contributed by atoms with Crippen molar-refractivity contribution in [2.45, 2.75) is 6.04 Å². The quantitative estimate of drug-likeness (QED) is 0.756. The predicted octanol–water partition coefficient (Wildman–Crippen LogP) is -0.303. The van der Waals surface area contributed by atoms with Gasteiger partial charge in [0.05, 0.1) is 19.3 Å². The van der Waals surface area contributed by atoms with E-state index < -0.39 is 0 Å². The molecule has 0 N–H and O–H groups in total. The number of carbonyl (C=O) groups is 1. The van der Waals surface area contributed by atoms with Crippen LogP contribution in [0.5, 0.6) is 0 Å². The molecule has 0 spiro atoms. The van der Waals surface area contributed by atoms with Gasteiger partial charge in [0.2, 0.25) is 0 Å². The maximum absolute atomic E-state index is 12.5. The normalized spacial score (nSPS) is 19.0. The van der Waals surface area contributed by atoms with Crippen LogP contribution >= 0.6 is 0 Å². The Bertz CT molecular complexity index is 706. The van der Waals surface area contributed by atoms with E-state index >= 15 is 0 Å². The summed E-state index contributed by atoms with van der Waals surface area (Å²) < 4.78 is 6.95. The van der Waals surface area contributed by atoms with Gasteiger partial charge in [-0.1, -0.05) is 0 Å². The molecule has 2 aliphatic heterocycles. The molecule has 4 rings (SSSR count). The monoisotopic (exact) mass is 317 g/mol. The van der Waals surface area contributed by atoms with Gasteiger partial charge in [-0.3, -0.25) is 0 Å². The van der Waals surface area contributed by atoms with Crippen molar-refractivity contribution in [2.75, 3.05) is 51.3 Å². The van der Waals surface area contributed by atoms with Crippen molar-refractivity contribution in [3.63, 3.8) is 0 Å². The van der Waals surface area contributed by atoms with Gasteiger partial charge in [-0.2, -0.15) is 4.52 Å². The molecule has 0 aromatic carbocycles. The Hall–Kier alpha value is -2.42. The van der Waals surface area contributed by atoms with Crippen molar-refractivity contribution in [2.24, 2.45) is 0 Å². The summed E-state index contributed by atoms with van der Waals surface area (Å²) >= 11 is 0. The van der Waals surface area contributed by atoms with Gasteiger partial charge in [0.1, 0.15) is 12.1 Å². The van der Waals surface area contributed by atoms with Crippen molar-refractivity contribution in [3.05, 3.63) is 18.5 Å². The molecule has 0 aliphatic carbocycles. The number of ether oxygens (including phenoxy) is 1. The highest BCUT2D eigenvalue weighted by Crippen LogP contribution is 2.22. The first-order valence-electron chi connectivity index (χ1n) is 7.74. The fourth-order valence-corrected chi connectivity index (χ4v) is 2.91. The fraction of sp³-hybridized carbons (Fsp3) is 0.571. The zero-order chi connectivity index (χ0) is 15.8. The predicted molar refractivity (Wildman–Crippen MR) is 82.3 cm³/mol. The van der Waals surface area contributed by atoms with Crippen molar-refractivity contribution >= 4 is 17.5 Å². The van der Waals surface area contributed by atoms with Crippen molar-refractivity contribution < 1.29 is 9.53 Å². The van der Waals surface area contributed by atoms with Crippen LogP contribution in [0.3, 0.4) is 0 Å². The number of amides is 2. The van der Waals surface area contributed by atoms with Crippen molar-refractivity contribution in [1.29, 1.82) is 0 Å². The number of carbonyl (C=O) groups excluding carboxylic acids is 1. The van der Waals surface area contributed by atoms with Gasteiger partial charge in [0.15, 0.2) is 5.65 Å². The molecule has 122 valence electrons. The second-order valence-corrected chi connectivity index (χ2v) is 5.88. The Kier molecular flexibility index (Phi) is 3.49. The van der Waals surface area contributed by atoms with Gasteiger partial charge < -0.3 is 19.4 Å². The maximum Gasteiger partial charge on any atom is 0.320 e. The highest BCUT2D eigenvalue weighted by atomic mass is 16.5. The largest absolute Gasteiger partial charge is 0.378 e. The third-order valence-corrected chi connectivity index (χ3v) is 4.46. The first-order chi connectivity index (χ1) is 11.2. The molecule has 23 heavy (non-hydrogen) atoms. The summed E-state index contributed by atoms with van der Waals surface area (Å²) in [6.07, 6.45) is 1.59. The second kappa shape index (κ2) is 5.65. The molecule has 9 heteroatoms. The van der Waals surface area contributed by atoms with E-state index in [0.717, 1.165) is 24.6 Å². The van der Waals surface area contributed by atoms with Crippen LogP contribution in [0.2, 0.25) is 0 Å². The van der Waals surface area contributed by atoms with Crippen LogP contribution in [0.4, 0.5) is 10.6 Å². The lowest BCUT2D eigenvalue weighted by molar-refractivity contribution is 0.0407. The number of hydrogen-bond acceptors (Lipinski definition) is 6. The van der Waals surface area contributed by atoms with Crippen molar-refractivity contribution in [3.8, 4) is 0 Å². The number of hydrogen-bond donors (Lipinski definition) is 0. The second-order valence-electron chi connectivity index (χ2n) is 5.88. The summed E-state index contributed by atoms with van der Waals surface area (Å²) in [7, 11) is 1.87. The first kappa shape index (κ1) is 14.2. The maximum atomic E-state index is 12.5. The minimum atomic E-state index is 0.0835. The smallest absolute Gasteiger partial charge is 0.320 e. The average molecular weight is 317 g/mol. The summed E-state index contributed by atoms with van der Waals surface area (Å²) in [5.41, 5.74) is 0.727. The topological polar surface area (TPSA) is 79.1 Å². The van der Waals surface area contributed by atoms with Crippen LogP contribution < -0.4 is 4.90 Å². The third-order valence-electron chi connectivity index (χ3n) is 4.46. The Balaban J connectivity index is 1.37. The molecule has 2 aromatic heterocycles. The molecule has 2 amide bonds. The minimum absolute atomic E-state index is 0.0835. The summed E-state index contributed by atoms with van der Waals surface area (Å²) in [5, 5.41) is 12.2. The molecule has 2 aromatic rings. The fourth-order valence-electron chi connectivity index (χ4n) is 2.91. The summed E-state index contributed by atoms with van der Waals surface area (Å²) in [6.45, 7) is 4.16. The van der Waals surface area contributed by atoms with E-state index in [-0.39, 0.29) is 12.1 Å². The van der Waals surface area contributed by atoms with Crippen LogP contribution in [0.15, 0.2) is 18.5 Å². The lowest BCUT2D eigenvalue weighted by atomic mass is 10.1. The van der Waals surface area contributed by atoms with E-state index in [2.05, 4.69) is 20.2 Å². The molecule has 0 atom stereocenters. The average Bonchev–Trinajstić information content (AvgIpc) is 3.01. The van der Waals surface area contributed by atoms with Gasteiger partial charge in [-0.05, 0) is 12.1 Å². The lowest BCUT2D eigenvalue weighted by Crippen LogP contribution is -2.62. The molecule has 0 radical (unpaired) electrons. The van der Waals surface area contributed by atoms with E-state index in [0.29, 0.717) is 26.3 Å². The molecule has 9 nitrogen and oxygen atoms in total. The number of urea groups is 1. The number of aromatic nitrogens is 4. The Morgan fingerprint density at radius 3 is 2.87 bits per heavy atom. The van der Waals surface area contributed by atoms with Gasteiger partial charge in [0.25, 0.3) is 0 Å². The summed E-state index contributed by atoms with van der Waals surface area (Å²) in [5.74, 6) is 0.876. The zero-order valence-corrected chi connectivity index (χ0v) is 13.0. The minimum Gasteiger partial charge on any atom is -0.378 e. The molecule has 2 saturated heterocycles. The molecular formula is C14H19N7O2. The van der Waals surface area contributed by atoms with Crippen molar-refractivity contribution in [1.82, 2.24) is 29.6 Å². The van der Waals surface area contributed by atoms with E-state index in [1.807, 2.05) is 29.0 Å². The van der Waals surface area contributed by atoms with E-state index in [1.54, 1.807) is 10.8 Å². The van der Waals surface area contributed by atoms with Crippen LogP contribution in [-0.2, 0) is 4.74 Å². The highest BCUT2D eigenvalue weighted by Gasteiger charge is 2.35. The number of anilines is 1. The number of nitrogens with zero attached hydrogens (tertiary/aromatic N) is 7. The number of morpholine rings is 1. The number of likely N-dealkylation sites (N-methyl/N-ethyl adjacent to an activating group) is 1. The highest BCUT2D eigenvalue weighted by molar-refractivity contribution is 5.75. The standard InChI is InChI=1S/C14H19N7O2/c1-18(14(22)19-4-6-23-7-5-19)11-8-20(9-11)13-3-2-12-16-15-10-21(12)17-13/h2-3,10-11H,4-9H2,1H3. The van der Waals surface area contributed by atoms with Gasteiger partial charge in [-0.15, -0.1) is 15.3 Å². The zero-order valence-electron chi connectivity index (χ0n) is 13.0. The van der Waals surface area contributed by atoms with Crippen LogP contribution in [0, 0.1) is 0 Å². The SMILES string of the molecule is CN(C(=O)N1CCOCC1)C1CN(c2ccc3nncn3n2)C1. The molecule has 4 heterocycles. The molecule has 0 unspecified atom stereocenters. The van der Waals surface area contributed by atoms with E-state index in [4.69, 9.17) is 4.74 Å². The Morgan fingerprint density at radius 1 is 1.30 bits per heavy atom. The first-order valence-corrected chi connectivity index (χ1v) is 7.74. The third kappa shape index (κ3) is 2.56. The van der Waals surface area contributed by atoms with Crippen LogP contribution in [-0.4, -0.2) is 88.1 Å². The Labute approximate surface area is 133 Å². The number of rotatable bonds is 2. The summed E-state index contributed by atoms with van der Waals surface area (Å²) in [6, 6.07) is 4.12. The van der Waals surface area contributed by atoms with Gasteiger partial charge in [0, 0.05) is 33.2 Å². The Morgan fingerprint density at radius 2 is 2.09 bits per heavy atom. The molecular weight excluding hydrogens is 298 g/mol. The molecule has 2 aliphatic rings. The van der Waals surface area contributed by atoms with E-state index in [1.165, 1.54) is 0 Å². The molecule has 0 bridgehead atoms. The van der Waals surface area contributed by atoms with E-state index in [9.17, 15) is 4.79 Å². The number of fused-ring (bicyclic) bond motifs is 1. The van der Waals surface area contributed by atoms with Gasteiger partial charge in [-0.25, -0.2) is 4.79 Å².